The number of hydrogen-bond acceptors (Lipinski definition) is 2. The first-order valence-electron chi connectivity index (χ1n) is 5.74. The highest BCUT2D eigenvalue weighted by Crippen LogP contribution is 2.36. The van der Waals surface area contributed by atoms with E-state index in [2.05, 4.69) is 19.1 Å². The zero-order chi connectivity index (χ0) is 10.8. The molecule has 2 heteroatoms. The van der Waals surface area contributed by atoms with Gasteiger partial charge in [0.2, 0.25) is 0 Å². The van der Waals surface area contributed by atoms with E-state index in [9.17, 15) is 0 Å². The predicted molar refractivity (Wildman–Crippen MR) is 62.2 cm³/mol. The topological polar surface area (TPSA) is 35.2 Å². The van der Waals surface area contributed by atoms with E-state index in [0.717, 1.165) is 25.2 Å². The minimum absolute atomic E-state index is 0.203. The molecule has 0 fully saturated rings. The third kappa shape index (κ3) is 1.86. The summed E-state index contributed by atoms with van der Waals surface area (Å²) in [6.07, 6.45) is 3.39. The molecule has 0 amide bonds. The van der Waals surface area contributed by atoms with Gasteiger partial charge >= 0.3 is 0 Å². The fourth-order valence-corrected chi connectivity index (χ4v) is 2.47. The number of ether oxygens (including phenoxy) is 1. The molecule has 0 bridgehead atoms. The Morgan fingerprint density at radius 2 is 2.27 bits per heavy atom. The highest BCUT2D eigenvalue weighted by Gasteiger charge is 2.21. The molecule has 1 atom stereocenters. The summed E-state index contributed by atoms with van der Waals surface area (Å²) in [4.78, 5) is 0. The fourth-order valence-electron chi connectivity index (χ4n) is 2.47. The molecule has 0 spiro atoms. The van der Waals surface area contributed by atoms with Crippen molar-refractivity contribution in [3.8, 4) is 5.75 Å². The monoisotopic (exact) mass is 205 g/mol. The van der Waals surface area contributed by atoms with Crippen molar-refractivity contribution in [2.75, 3.05) is 6.61 Å². The van der Waals surface area contributed by atoms with E-state index < -0.39 is 0 Å². The number of nitrogens with two attached hydrogens (primary N) is 1. The first-order valence-corrected chi connectivity index (χ1v) is 5.74. The Kier molecular flexibility index (Phi) is 2.96. The van der Waals surface area contributed by atoms with Crippen LogP contribution in [0.3, 0.4) is 0 Å². The number of benzene rings is 1. The van der Waals surface area contributed by atoms with Crippen LogP contribution >= 0.6 is 0 Å². The van der Waals surface area contributed by atoms with Crippen LogP contribution in [0, 0.1) is 6.92 Å². The standard InChI is InChI=1S/C13H19NO/c1-3-15-12-8-7-9(2)13-10(12)5-4-6-11(13)14/h7-8,11H,3-6,14H2,1-2H3. The number of fused-ring (bicyclic) bond motifs is 1. The Morgan fingerprint density at radius 3 is 3.00 bits per heavy atom. The quantitative estimate of drug-likeness (QED) is 0.805. The molecule has 0 radical (unpaired) electrons. The Hall–Kier alpha value is -1.02. The van der Waals surface area contributed by atoms with Crippen LogP contribution in [-0.4, -0.2) is 6.61 Å². The number of aryl methyl sites for hydroxylation is 1. The van der Waals surface area contributed by atoms with Crippen molar-refractivity contribution in [1.82, 2.24) is 0 Å². The average Bonchev–Trinajstić information content (AvgIpc) is 2.22. The summed E-state index contributed by atoms with van der Waals surface area (Å²) >= 11 is 0. The van der Waals surface area contributed by atoms with Crippen LogP contribution in [0.15, 0.2) is 12.1 Å². The molecule has 1 aliphatic carbocycles. The van der Waals surface area contributed by atoms with Gasteiger partial charge in [0.1, 0.15) is 5.75 Å². The fraction of sp³-hybridized carbons (Fsp3) is 0.538. The molecule has 0 saturated carbocycles. The summed E-state index contributed by atoms with van der Waals surface area (Å²) in [6.45, 7) is 4.89. The third-order valence-electron chi connectivity index (χ3n) is 3.14. The van der Waals surface area contributed by atoms with Crippen LogP contribution in [0.4, 0.5) is 0 Å². The molecule has 0 aliphatic heterocycles. The summed E-state index contributed by atoms with van der Waals surface area (Å²) in [5, 5.41) is 0. The highest BCUT2D eigenvalue weighted by atomic mass is 16.5. The van der Waals surface area contributed by atoms with E-state index in [-0.39, 0.29) is 6.04 Å². The van der Waals surface area contributed by atoms with Crippen molar-refractivity contribution in [1.29, 1.82) is 0 Å². The van der Waals surface area contributed by atoms with Gasteiger partial charge in [-0.25, -0.2) is 0 Å². The van der Waals surface area contributed by atoms with Crippen molar-refractivity contribution < 1.29 is 4.74 Å². The zero-order valence-electron chi connectivity index (χ0n) is 9.55. The molecule has 82 valence electrons. The van der Waals surface area contributed by atoms with Crippen molar-refractivity contribution in [2.45, 2.75) is 39.2 Å². The van der Waals surface area contributed by atoms with E-state index in [1.54, 1.807) is 0 Å². The minimum atomic E-state index is 0.203. The maximum atomic E-state index is 6.16. The molecule has 2 N–H and O–H groups in total. The van der Waals surface area contributed by atoms with Crippen molar-refractivity contribution in [2.24, 2.45) is 5.73 Å². The van der Waals surface area contributed by atoms with Gasteiger partial charge in [0, 0.05) is 6.04 Å². The van der Waals surface area contributed by atoms with Gasteiger partial charge in [-0.3, -0.25) is 0 Å². The molecule has 0 saturated heterocycles. The third-order valence-corrected chi connectivity index (χ3v) is 3.14. The maximum Gasteiger partial charge on any atom is 0.122 e. The smallest absolute Gasteiger partial charge is 0.122 e. The van der Waals surface area contributed by atoms with Gasteiger partial charge in [0.05, 0.1) is 6.61 Å². The van der Waals surface area contributed by atoms with E-state index in [1.807, 2.05) is 6.92 Å². The van der Waals surface area contributed by atoms with Gasteiger partial charge in [0.15, 0.2) is 0 Å². The first-order chi connectivity index (χ1) is 7.24. The van der Waals surface area contributed by atoms with E-state index >= 15 is 0 Å². The number of rotatable bonds is 2. The van der Waals surface area contributed by atoms with E-state index in [1.165, 1.54) is 23.1 Å². The SMILES string of the molecule is CCOc1ccc(C)c2c1CCCC2N. The number of hydrogen-bond donors (Lipinski definition) is 1. The average molecular weight is 205 g/mol. The Balaban J connectivity index is 2.48. The van der Waals surface area contributed by atoms with Gasteiger partial charge in [-0.05, 0) is 55.9 Å². The van der Waals surface area contributed by atoms with E-state index in [4.69, 9.17) is 10.5 Å². The summed E-state index contributed by atoms with van der Waals surface area (Å²) in [5.74, 6) is 1.04. The second-order valence-electron chi connectivity index (χ2n) is 4.20. The molecule has 1 aromatic carbocycles. The maximum absolute atomic E-state index is 6.16. The van der Waals surface area contributed by atoms with Crippen LogP contribution in [0.25, 0.3) is 0 Å². The summed E-state index contributed by atoms with van der Waals surface area (Å²) in [5.41, 5.74) is 10.1. The lowest BCUT2D eigenvalue weighted by Gasteiger charge is -2.26. The van der Waals surface area contributed by atoms with Crippen LogP contribution in [-0.2, 0) is 6.42 Å². The molecular formula is C13H19NO. The molecule has 2 rings (SSSR count). The summed E-state index contributed by atoms with van der Waals surface area (Å²) in [6, 6.07) is 4.40. The van der Waals surface area contributed by atoms with Crippen LogP contribution in [0.5, 0.6) is 5.75 Å². The van der Waals surface area contributed by atoms with Crippen molar-refractivity contribution in [3.05, 3.63) is 28.8 Å². The molecular weight excluding hydrogens is 186 g/mol. The summed E-state index contributed by atoms with van der Waals surface area (Å²) < 4.78 is 5.65. The van der Waals surface area contributed by atoms with Crippen LogP contribution < -0.4 is 10.5 Å². The lowest BCUT2D eigenvalue weighted by molar-refractivity contribution is 0.333. The van der Waals surface area contributed by atoms with Gasteiger partial charge < -0.3 is 10.5 Å². The zero-order valence-corrected chi connectivity index (χ0v) is 9.55. The van der Waals surface area contributed by atoms with Crippen molar-refractivity contribution >= 4 is 0 Å². The normalized spacial score (nSPS) is 19.8. The van der Waals surface area contributed by atoms with Gasteiger partial charge in [-0.15, -0.1) is 0 Å². The molecule has 1 unspecified atom stereocenters. The molecule has 0 heterocycles. The Labute approximate surface area is 91.4 Å². The molecule has 15 heavy (non-hydrogen) atoms. The highest BCUT2D eigenvalue weighted by molar-refractivity contribution is 5.47. The second kappa shape index (κ2) is 4.23. The minimum Gasteiger partial charge on any atom is -0.494 e. The van der Waals surface area contributed by atoms with Crippen LogP contribution in [0.1, 0.15) is 42.5 Å². The molecule has 1 aliphatic rings. The molecule has 1 aromatic rings. The van der Waals surface area contributed by atoms with Crippen molar-refractivity contribution in [3.63, 3.8) is 0 Å². The second-order valence-corrected chi connectivity index (χ2v) is 4.20. The lowest BCUT2D eigenvalue weighted by atomic mass is 9.85. The Morgan fingerprint density at radius 1 is 1.47 bits per heavy atom. The van der Waals surface area contributed by atoms with Gasteiger partial charge in [-0.2, -0.15) is 0 Å². The van der Waals surface area contributed by atoms with Gasteiger partial charge in [-0.1, -0.05) is 6.07 Å². The van der Waals surface area contributed by atoms with Crippen LogP contribution in [0.2, 0.25) is 0 Å². The van der Waals surface area contributed by atoms with E-state index in [0.29, 0.717) is 0 Å². The first kappa shape index (κ1) is 10.5. The largest absolute Gasteiger partial charge is 0.494 e. The Bertz CT molecular complexity index is 360. The predicted octanol–water partition coefficient (Wildman–Crippen LogP) is 2.73. The van der Waals surface area contributed by atoms with Gasteiger partial charge in [0.25, 0.3) is 0 Å². The summed E-state index contributed by atoms with van der Waals surface area (Å²) in [7, 11) is 0. The lowest BCUT2D eigenvalue weighted by Crippen LogP contribution is -2.19. The molecule has 2 nitrogen and oxygen atoms in total. The molecule has 0 aromatic heterocycles.